The molecule has 0 unspecified atom stereocenters. The number of aromatic carboxylic acids is 1. The fourth-order valence-corrected chi connectivity index (χ4v) is 4.11. The molecule has 1 aliphatic rings. The van der Waals surface area contributed by atoms with Gasteiger partial charge in [-0.3, -0.25) is 0 Å². The highest BCUT2D eigenvalue weighted by atomic mass is 32.2. The zero-order chi connectivity index (χ0) is 14.2. The van der Waals surface area contributed by atoms with Crippen LogP contribution in [0.2, 0.25) is 0 Å². The van der Waals surface area contributed by atoms with Crippen LogP contribution in [0.15, 0.2) is 15.4 Å². The smallest absolute Gasteiger partial charge is 0.371 e. The first-order valence-electron chi connectivity index (χ1n) is 5.84. The van der Waals surface area contributed by atoms with Crippen LogP contribution in [-0.2, 0) is 10.0 Å². The van der Waals surface area contributed by atoms with E-state index in [1.54, 1.807) is 0 Å². The molecule has 0 aliphatic carbocycles. The van der Waals surface area contributed by atoms with Crippen LogP contribution in [0, 0.1) is 6.92 Å². The number of sulfonamides is 1. The second-order valence-corrected chi connectivity index (χ2v) is 6.29. The van der Waals surface area contributed by atoms with Gasteiger partial charge in [0, 0.05) is 18.7 Å². The van der Waals surface area contributed by atoms with Crippen molar-refractivity contribution in [3.8, 4) is 0 Å². The van der Waals surface area contributed by atoms with Gasteiger partial charge < -0.3 is 14.6 Å². The molecule has 2 N–H and O–H groups in total. The Labute approximate surface area is 110 Å². The lowest BCUT2D eigenvalue weighted by atomic mass is 10.2. The third-order valence-corrected chi connectivity index (χ3v) is 5.26. The molecule has 1 aliphatic heterocycles. The molecule has 1 aromatic rings. The van der Waals surface area contributed by atoms with Crippen molar-refractivity contribution in [2.24, 2.45) is 0 Å². The normalized spacial score (nSPS) is 20.8. The zero-order valence-corrected chi connectivity index (χ0v) is 11.2. The van der Waals surface area contributed by atoms with Gasteiger partial charge in [0.2, 0.25) is 15.8 Å². The standard InChI is InChI=1S/C11H15NO6S/c1-7-10(5-9(18-7)11(14)15)19(16,17)12-4-2-3-8(12)6-13/h5,8,13H,2-4,6H2,1H3,(H,14,15)/t8-/m0/s1. The Balaban J connectivity index is 2.42. The monoisotopic (exact) mass is 289 g/mol. The topological polar surface area (TPSA) is 108 Å². The van der Waals surface area contributed by atoms with Crippen molar-refractivity contribution in [1.29, 1.82) is 0 Å². The number of rotatable bonds is 4. The number of carboxylic acid groups (broad SMARTS) is 1. The van der Waals surface area contributed by atoms with E-state index in [2.05, 4.69) is 0 Å². The predicted octanol–water partition coefficient (Wildman–Crippen LogP) is 0.432. The van der Waals surface area contributed by atoms with E-state index in [1.807, 2.05) is 0 Å². The van der Waals surface area contributed by atoms with Gasteiger partial charge >= 0.3 is 5.97 Å². The number of hydrogen-bond donors (Lipinski definition) is 2. The summed E-state index contributed by atoms with van der Waals surface area (Å²) in [7, 11) is -3.83. The van der Waals surface area contributed by atoms with Crippen molar-refractivity contribution in [1.82, 2.24) is 4.31 Å². The van der Waals surface area contributed by atoms with E-state index >= 15 is 0 Å². The van der Waals surface area contributed by atoms with Gasteiger partial charge in [-0.1, -0.05) is 0 Å². The van der Waals surface area contributed by atoms with Gasteiger partial charge in [0.15, 0.2) is 0 Å². The molecule has 0 radical (unpaired) electrons. The summed E-state index contributed by atoms with van der Waals surface area (Å²) in [5.74, 6) is -1.68. The molecule has 7 nitrogen and oxygen atoms in total. The molecule has 0 amide bonds. The van der Waals surface area contributed by atoms with Crippen LogP contribution in [0.25, 0.3) is 0 Å². The summed E-state index contributed by atoms with van der Waals surface area (Å²) >= 11 is 0. The van der Waals surface area contributed by atoms with E-state index in [0.717, 1.165) is 6.07 Å². The van der Waals surface area contributed by atoms with Gasteiger partial charge in [-0.2, -0.15) is 4.31 Å². The minimum atomic E-state index is -3.83. The largest absolute Gasteiger partial charge is 0.475 e. The molecule has 0 spiro atoms. The number of carboxylic acids is 1. The molecule has 1 atom stereocenters. The lowest BCUT2D eigenvalue weighted by molar-refractivity contribution is 0.0661. The van der Waals surface area contributed by atoms with Crippen molar-refractivity contribution in [3.05, 3.63) is 17.6 Å². The third kappa shape index (κ3) is 2.38. The van der Waals surface area contributed by atoms with Crippen LogP contribution >= 0.6 is 0 Å². The summed E-state index contributed by atoms with van der Waals surface area (Å²) in [6, 6.07) is 0.562. The SMILES string of the molecule is Cc1oc(C(=O)O)cc1S(=O)(=O)N1CCC[C@H]1CO. The average molecular weight is 289 g/mol. The van der Waals surface area contributed by atoms with E-state index in [-0.39, 0.29) is 17.3 Å². The van der Waals surface area contributed by atoms with E-state index in [0.29, 0.717) is 19.4 Å². The number of nitrogens with zero attached hydrogens (tertiary/aromatic N) is 1. The molecule has 0 bridgehead atoms. The van der Waals surface area contributed by atoms with E-state index in [9.17, 15) is 18.3 Å². The number of aryl methyl sites for hydroxylation is 1. The molecule has 1 aromatic heterocycles. The van der Waals surface area contributed by atoms with Crippen LogP contribution in [0.5, 0.6) is 0 Å². The van der Waals surface area contributed by atoms with Crippen LogP contribution in [-0.4, -0.2) is 48.1 Å². The van der Waals surface area contributed by atoms with Gasteiger partial charge in [0.05, 0.1) is 6.61 Å². The van der Waals surface area contributed by atoms with Crippen molar-refractivity contribution < 1.29 is 27.8 Å². The second kappa shape index (κ2) is 4.95. The highest BCUT2D eigenvalue weighted by Gasteiger charge is 2.37. The Morgan fingerprint density at radius 1 is 1.58 bits per heavy atom. The zero-order valence-electron chi connectivity index (χ0n) is 10.4. The molecule has 19 heavy (non-hydrogen) atoms. The molecule has 1 saturated heterocycles. The van der Waals surface area contributed by atoms with E-state index < -0.39 is 27.8 Å². The first-order chi connectivity index (χ1) is 8.87. The Morgan fingerprint density at radius 3 is 2.79 bits per heavy atom. The highest BCUT2D eigenvalue weighted by Crippen LogP contribution is 2.29. The molecule has 8 heteroatoms. The number of carbonyl (C=O) groups is 1. The molecular formula is C11H15NO6S. The Kier molecular flexibility index (Phi) is 3.66. The maximum Gasteiger partial charge on any atom is 0.371 e. The number of aliphatic hydroxyl groups is 1. The number of aliphatic hydroxyl groups excluding tert-OH is 1. The summed E-state index contributed by atoms with van der Waals surface area (Å²) in [5, 5.41) is 18.0. The van der Waals surface area contributed by atoms with E-state index in [4.69, 9.17) is 9.52 Å². The first kappa shape index (κ1) is 14.0. The third-order valence-electron chi connectivity index (χ3n) is 3.20. The van der Waals surface area contributed by atoms with Gasteiger partial charge in [-0.25, -0.2) is 13.2 Å². The molecular weight excluding hydrogens is 274 g/mol. The van der Waals surface area contributed by atoms with Crippen LogP contribution in [0.3, 0.4) is 0 Å². The molecule has 0 aromatic carbocycles. The lowest BCUT2D eigenvalue weighted by Gasteiger charge is -2.21. The van der Waals surface area contributed by atoms with Crippen molar-refractivity contribution >= 4 is 16.0 Å². The second-order valence-electron chi connectivity index (χ2n) is 4.43. The summed E-state index contributed by atoms with van der Waals surface area (Å²) in [4.78, 5) is 10.6. The Bertz CT molecular complexity index is 590. The molecule has 106 valence electrons. The minimum absolute atomic E-state index is 0.0426. The number of furan rings is 1. The van der Waals surface area contributed by atoms with Gasteiger partial charge in [-0.05, 0) is 19.8 Å². The summed E-state index contributed by atoms with van der Waals surface area (Å²) in [6.07, 6.45) is 1.27. The average Bonchev–Trinajstić information content (AvgIpc) is 2.94. The van der Waals surface area contributed by atoms with Crippen LogP contribution in [0.4, 0.5) is 0 Å². The summed E-state index contributed by atoms with van der Waals surface area (Å²) in [6.45, 7) is 1.48. The Morgan fingerprint density at radius 2 is 2.26 bits per heavy atom. The minimum Gasteiger partial charge on any atom is -0.475 e. The lowest BCUT2D eigenvalue weighted by Crippen LogP contribution is -2.37. The number of hydrogen-bond acceptors (Lipinski definition) is 5. The van der Waals surface area contributed by atoms with Crippen LogP contribution < -0.4 is 0 Å². The van der Waals surface area contributed by atoms with Gasteiger partial charge in [0.25, 0.3) is 0 Å². The Hall–Kier alpha value is -1.38. The van der Waals surface area contributed by atoms with E-state index in [1.165, 1.54) is 11.2 Å². The highest BCUT2D eigenvalue weighted by molar-refractivity contribution is 7.89. The molecule has 1 fully saturated rings. The van der Waals surface area contributed by atoms with Gasteiger partial charge in [-0.15, -0.1) is 0 Å². The van der Waals surface area contributed by atoms with Crippen molar-refractivity contribution in [3.63, 3.8) is 0 Å². The maximum absolute atomic E-state index is 12.4. The van der Waals surface area contributed by atoms with Crippen molar-refractivity contribution in [2.45, 2.75) is 30.7 Å². The molecule has 0 saturated carbocycles. The van der Waals surface area contributed by atoms with Gasteiger partial charge in [0.1, 0.15) is 10.7 Å². The summed E-state index contributed by atoms with van der Waals surface area (Å²) in [5.41, 5.74) is 0. The summed E-state index contributed by atoms with van der Waals surface area (Å²) < 4.78 is 31.0. The quantitative estimate of drug-likeness (QED) is 0.832. The fraction of sp³-hybridized carbons (Fsp3) is 0.545. The van der Waals surface area contributed by atoms with Crippen LogP contribution in [0.1, 0.15) is 29.2 Å². The fourth-order valence-electron chi connectivity index (χ4n) is 2.26. The molecule has 2 heterocycles. The maximum atomic E-state index is 12.4. The first-order valence-corrected chi connectivity index (χ1v) is 7.28. The predicted molar refractivity (Wildman–Crippen MR) is 64.4 cm³/mol. The van der Waals surface area contributed by atoms with Crippen molar-refractivity contribution in [2.75, 3.05) is 13.2 Å². The molecule has 2 rings (SSSR count).